The molecule has 2 aromatic rings. The van der Waals surface area contributed by atoms with Crippen LogP contribution < -0.4 is 14.8 Å². The van der Waals surface area contributed by atoms with Gasteiger partial charge in [-0.1, -0.05) is 24.3 Å². The van der Waals surface area contributed by atoms with E-state index in [9.17, 15) is 9.59 Å². The van der Waals surface area contributed by atoms with Crippen LogP contribution in [0.2, 0.25) is 0 Å². The molecule has 1 amide bonds. The van der Waals surface area contributed by atoms with Gasteiger partial charge in [-0.2, -0.15) is 0 Å². The van der Waals surface area contributed by atoms with Crippen LogP contribution in [-0.4, -0.2) is 36.2 Å². The molecule has 0 aromatic heterocycles. The molecule has 0 heterocycles. The minimum atomic E-state index is -1.07. The molecule has 2 aliphatic carbocycles. The van der Waals surface area contributed by atoms with Gasteiger partial charge in [-0.05, 0) is 48.6 Å². The van der Waals surface area contributed by atoms with E-state index >= 15 is 0 Å². The van der Waals surface area contributed by atoms with Crippen molar-refractivity contribution < 1.29 is 24.2 Å². The minimum Gasteiger partial charge on any atom is -0.490 e. The van der Waals surface area contributed by atoms with Gasteiger partial charge < -0.3 is 19.9 Å². The van der Waals surface area contributed by atoms with Crippen molar-refractivity contribution in [1.82, 2.24) is 5.32 Å². The van der Waals surface area contributed by atoms with E-state index in [0.29, 0.717) is 35.5 Å². The van der Waals surface area contributed by atoms with E-state index in [2.05, 4.69) is 23.5 Å². The van der Waals surface area contributed by atoms with E-state index in [0.717, 1.165) is 6.42 Å². The number of fused-ring (bicyclic) bond motifs is 3. The number of benzene rings is 2. The molecule has 0 aliphatic heterocycles. The fraction of sp³-hybridized carbons (Fsp3) is 0.333. The maximum atomic E-state index is 12.7. The summed E-state index contributed by atoms with van der Waals surface area (Å²) in [5.74, 6) is 0.351. The van der Waals surface area contributed by atoms with Crippen LogP contribution in [0.3, 0.4) is 0 Å². The first-order chi connectivity index (χ1) is 13.1. The predicted octanol–water partition coefficient (Wildman–Crippen LogP) is 2.62. The Morgan fingerprint density at radius 3 is 2.74 bits per heavy atom. The van der Waals surface area contributed by atoms with Crippen molar-refractivity contribution in [2.75, 3.05) is 13.2 Å². The van der Waals surface area contributed by atoms with Gasteiger partial charge in [-0.15, -0.1) is 0 Å². The maximum absolute atomic E-state index is 12.7. The van der Waals surface area contributed by atoms with Crippen molar-refractivity contribution in [3.63, 3.8) is 0 Å². The molecule has 2 aliphatic rings. The molecule has 6 heteroatoms. The van der Waals surface area contributed by atoms with Crippen LogP contribution in [0.1, 0.15) is 34.3 Å². The first-order valence-electron chi connectivity index (χ1n) is 9.08. The van der Waals surface area contributed by atoms with Crippen LogP contribution in [0.25, 0.3) is 0 Å². The van der Waals surface area contributed by atoms with Crippen LogP contribution in [0, 0.1) is 5.92 Å². The smallest absolute Gasteiger partial charge is 0.341 e. The second-order valence-corrected chi connectivity index (χ2v) is 6.87. The molecule has 4 rings (SSSR count). The lowest BCUT2D eigenvalue weighted by atomic mass is 10.0. The van der Waals surface area contributed by atoms with E-state index in [1.54, 1.807) is 18.2 Å². The number of carbonyl (C=O) groups is 2. The zero-order valence-electron chi connectivity index (χ0n) is 15.0. The third kappa shape index (κ3) is 3.35. The zero-order chi connectivity index (χ0) is 19.0. The second kappa shape index (κ2) is 6.95. The van der Waals surface area contributed by atoms with Gasteiger partial charge in [0.25, 0.3) is 5.91 Å². The lowest BCUT2D eigenvalue weighted by Crippen LogP contribution is -2.28. The van der Waals surface area contributed by atoms with Gasteiger partial charge in [0.15, 0.2) is 18.1 Å². The Hall–Kier alpha value is -3.02. The molecule has 2 aromatic carbocycles. The van der Waals surface area contributed by atoms with Crippen molar-refractivity contribution in [1.29, 1.82) is 0 Å². The third-order valence-electron chi connectivity index (χ3n) is 5.19. The van der Waals surface area contributed by atoms with Crippen molar-refractivity contribution >= 4 is 11.9 Å². The summed E-state index contributed by atoms with van der Waals surface area (Å²) in [5, 5.41) is 11.9. The summed E-state index contributed by atoms with van der Waals surface area (Å²) in [6.45, 7) is 1.74. The number of amides is 1. The predicted molar refractivity (Wildman–Crippen MR) is 98.4 cm³/mol. The topological polar surface area (TPSA) is 84.9 Å². The van der Waals surface area contributed by atoms with E-state index < -0.39 is 12.6 Å². The van der Waals surface area contributed by atoms with Crippen LogP contribution >= 0.6 is 0 Å². The Balaban J connectivity index is 1.45. The summed E-state index contributed by atoms with van der Waals surface area (Å²) >= 11 is 0. The molecule has 3 atom stereocenters. The second-order valence-electron chi connectivity index (χ2n) is 6.87. The fourth-order valence-corrected chi connectivity index (χ4v) is 3.96. The summed E-state index contributed by atoms with van der Waals surface area (Å²) in [4.78, 5) is 23.4. The molecule has 6 nitrogen and oxygen atoms in total. The minimum absolute atomic E-state index is 0.155. The Kier molecular flexibility index (Phi) is 4.48. The Labute approximate surface area is 157 Å². The summed E-state index contributed by atoms with van der Waals surface area (Å²) in [6.07, 6.45) is 1.01. The highest BCUT2D eigenvalue weighted by atomic mass is 16.5. The highest BCUT2D eigenvalue weighted by Gasteiger charge is 2.56. The number of hydrogen-bond acceptors (Lipinski definition) is 4. The molecule has 140 valence electrons. The van der Waals surface area contributed by atoms with Gasteiger partial charge >= 0.3 is 5.97 Å². The summed E-state index contributed by atoms with van der Waals surface area (Å²) in [6, 6.07) is 13.4. The number of carboxylic acid groups (broad SMARTS) is 1. The van der Waals surface area contributed by atoms with Gasteiger partial charge in [-0.25, -0.2) is 4.79 Å². The van der Waals surface area contributed by atoms with Crippen molar-refractivity contribution in [3.05, 3.63) is 59.2 Å². The van der Waals surface area contributed by atoms with E-state index in [1.165, 1.54) is 11.1 Å². The lowest BCUT2D eigenvalue weighted by molar-refractivity contribution is -0.139. The first kappa shape index (κ1) is 17.4. The largest absolute Gasteiger partial charge is 0.490 e. The number of hydrogen-bond donors (Lipinski definition) is 2. The van der Waals surface area contributed by atoms with E-state index in [-0.39, 0.29) is 11.9 Å². The average molecular weight is 367 g/mol. The Morgan fingerprint density at radius 2 is 1.96 bits per heavy atom. The quantitative estimate of drug-likeness (QED) is 0.786. The average Bonchev–Trinajstić information content (AvgIpc) is 3.17. The van der Waals surface area contributed by atoms with Crippen LogP contribution in [0.4, 0.5) is 0 Å². The molecule has 0 spiro atoms. The number of carboxylic acids is 1. The Morgan fingerprint density at radius 1 is 1.15 bits per heavy atom. The first-order valence-corrected chi connectivity index (χ1v) is 9.08. The number of ether oxygens (including phenoxy) is 2. The highest BCUT2D eigenvalue weighted by molar-refractivity contribution is 5.95. The van der Waals surface area contributed by atoms with E-state index in [1.807, 2.05) is 13.0 Å². The Bertz CT molecular complexity index is 894. The zero-order valence-corrected chi connectivity index (χ0v) is 15.0. The normalized spacial score (nSPS) is 21.7. The molecule has 1 fully saturated rings. The standard InChI is InChI=1S/C21H21NO5/c1-2-26-17-10-13(7-8-16(17)27-11-18(23)24)21(25)22-20-15-9-12-5-3-4-6-14(12)19(15)20/h3-8,10,15,19-20H,2,9,11H2,1H3,(H,22,25)(H,23,24). The van der Waals surface area contributed by atoms with Crippen LogP contribution in [0.15, 0.2) is 42.5 Å². The molecule has 27 heavy (non-hydrogen) atoms. The SMILES string of the molecule is CCOc1cc(C(=O)NC2C3Cc4ccccc4C32)ccc1OCC(=O)O. The molecular weight excluding hydrogens is 346 g/mol. The van der Waals surface area contributed by atoms with Crippen LogP contribution in [-0.2, 0) is 11.2 Å². The molecule has 1 saturated carbocycles. The molecular formula is C21H21NO5. The highest BCUT2D eigenvalue weighted by Crippen LogP contribution is 2.56. The molecule has 0 bridgehead atoms. The van der Waals surface area contributed by atoms with Gasteiger partial charge in [0, 0.05) is 17.5 Å². The van der Waals surface area contributed by atoms with Gasteiger partial charge in [-0.3, -0.25) is 4.79 Å². The van der Waals surface area contributed by atoms with Gasteiger partial charge in [0.2, 0.25) is 0 Å². The third-order valence-corrected chi connectivity index (χ3v) is 5.19. The van der Waals surface area contributed by atoms with Gasteiger partial charge in [0.05, 0.1) is 6.61 Å². The van der Waals surface area contributed by atoms with Crippen molar-refractivity contribution in [2.45, 2.75) is 25.3 Å². The maximum Gasteiger partial charge on any atom is 0.341 e. The summed E-state index contributed by atoms with van der Waals surface area (Å²) in [7, 11) is 0. The number of rotatable bonds is 7. The summed E-state index contributed by atoms with van der Waals surface area (Å²) in [5.41, 5.74) is 3.20. The number of aliphatic carboxylic acids is 1. The monoisotopic (exact) mass is 367 g/mol. The van der Waals surface area contributed by atoms with Crippen molar-refractivity contribution in [2.24, 2.45) is 5.92 Å². The fourth-order valence-electron chi connectivity index (χ4n) is 3.96. The molecule has 2 N–H and O–H groups in total. The molecule has 0 saturated heterocycles. The molecule has 0 radical (unpaired) electrons. The number of nitrogens with one attached hydrogen (secondary N) is 1. The van der Waals surface area contributed by atoms with E-state index in [4.69, 9.17) is 14.6 Å². The lowest BCUT2D eigenvalue weighted by Gasteiger charge is -2.13. The summed E-state index contributed by atoms with van der Waals surface area (Å²) < 4.78 is 10.7. The van der Waals surface area contributed by atoms with Crippen LogP contribution in [0.5, 0.6) is 11.5 Å². The van der Waals surface area contributed by atoms with Gasteiger partial charge in [0.1, 0.15) is 0 Å². The number of carbonyl (C=O) groups excluding carboxylic acids is 1. The molecule has 3 unspecified atom stereocenters. The van der Waals surface area contributed by atoms with Crippen molar-refractivity contribution in [3.8, 4) is 11.5 Å².